The van der Waals surface area contributed by atoms with Gasteiger partial charge in [0.1, 0.15) is 5.60 Å². The number of aliphatic hydroxyl groups excluding tert-OH is 1. The van der Waals surface area contributed by atoms with Crippen molar-refractivity contribution in [3.05, 3.63) is 24.3 Å². The summed E-state index contributed by atoms with van der Waals surface area (Å²) in [6.07, 6.45) is 7.16. The average Bonchev–Trinajstić information content (AvgIpc) is 2.53. The molecule has 0 radical (unpaired) electrons. The Labute approximate surface area is 159 Å². The van der Waals surface area contributed by atoms with Crippen LogP contribution in [0.2, 0.25) is 0 Å². The van der Waals surface area contributed by atoms with Crippen molar-refractivity contribution in [1.82, 2.24) is 4.90 Å². The summed E-state index contributed by atoms with van der Waals surface area (Å²) in [6.45, 7) is 7.47. The van der Waals surface area contributed by atoms with E-state index in [2.05, 4.69) is 11.9 Å². The summed E-state index contributed by atoms with van der Waals surface area (Å²) in [5, 5.41) is 10.2. The third kappa shape index (κ3) is 9.66. The maximum absolute atomic E-state index is 10.2. The van der Waals surface area contributed by atoms with Gasteiger partial charge in [-0.05, 0) is 40.4 Å². The monoisotopic (exact) mass is 365 g/mol. The minimum atomic E-state index is -0.505. The van der Waals surface area contributed by atoms with Gasteiger partial charge in [-0.2, -0.15) is 0 Å². The van der Waals surface area contributed by atoms with Gasteiger partial charge in [0.2, 0.25) is 0 Å². The van der Waals surface area contributed by atoms with Crippen molar-refractivity contribution in [3.8, 4) is 5.75 Å². The molecule has 1 aromatic rings. The zero-order valence-corrected chi connectivity index (χ0v) is 17.2. The van der Waals surface area contributed by atoms with Gasteiger partial charge < -0.3 is 19.5 Å². The van der Waals surface area contributed by atoms with Crippen molar-refractivity contribution >= 4 is 11.8 Å². The molecule has 0 aliphatic rings. The van der Waals surface area contributed by atoms with E-state index in [1.807, 2.05) is 57.1 Å². The predicted molar refractivity (Wildman–Crippen MR) is 107 cm³/mol. The number of benzene rings is 1. The molecular formula is C21H37N2O3+. The van der Waals surface area contributed by atoms with Crippen LogP contribution in [0.4, 0.5) is 5.69 Å². The summed E-state index contributed by atoms with van der Waals surface area (Å²) in [4.78, 5) is 4.93. The fourth-order valence-electron chi connectivity index (χ4n) is 2.96. The van der Waals surface area contributed by atoms with Crippen LogP contribution < -0.4 is 9.73 Å². The number of para-hydroxylation sites is 2. The molecule has 0 spiro atoms. The number of hydrogen-bond acceptors (Lipinski definition) is 3. The van der Waals surface area contributed by atoms with E-state index in [-0.39, 0.29) is 6.08 Å². The molecule has 0 amide bonds. The third-order valence-corrected chi connectivity index (χ3v) is 3.95. The van der Waals surface area contributed by atoms with E-state index in [1.165, 1.54) is 32.1 Å². The number of aliphatic hydroxyl groups is 1. The van der Waals surface area contributed by atoms with E-state index >= 15 is 0 Å². The van der Waals surface area contributed by atoms with Gasteiger partial charge in [-0.3, -0.25) is 0 Å². The Morgan fingerprint density at radius 1 is 1.08 bits per heavy atom. The molecule has 1 rings (SSSR count). The van der Waals surface area contributed by atoms with Crippen molar-refractivity contribution in [2.24, 2.45) is 0 Å². The molecule has 0 atom stereocenters. The zero-order valence-electron chi connectivity index (χ0n) is 17.2. The van der Waals surface area contributed by atoms with Gasteiger partial charge in [-0.15, -0.1) is 4.99 Å². The summed E-state index contributed by atoms with van der Waals surface area (Å²) in [6, 6.07) is 7.60. The summed E-state index contributed by atoms with van der Waals surface area (Å²) in [7, 11) is 3.95. The molecular weight excluding hydrogens is 328 g/mol. The van der Waals surface area contributed by atoms with E-state index in [0.29, 0.717) is 18.8 Å². The first kappa shape index (κ1) is 22.3. The summed E-state index contributed by atoms with van der Waals surface area (Å²) in [5.41, 5.74) is 0.200. The van der Waals surface area contributed by atoms with E-state index in [9.17, 15) is 5.11 Å². The van der Waals surface area contributed by atoms with Crippen LogP contribution in [0.15, 0.2) is 24.3 Å². The van der Waals surface area contributed by atoms with Crippen LogP contribution in [-0.2, 0) is 4.74 Å². The maximum Gasteiger partial charge on any atom is 0.551 e. The fourth-order valence-corrected chi connectivity index (χ4v) is 2.96. The quantitative estimate of drug-likeness (QED) is 0.339. The van der Waals surface area contributed by atoms with Gasteiger partial charge in [-0.1, -0.05) is 51.2 Å². The number of nitrogens with one attached hydrogen (secondary N) is 1. The SMILES string of the molecule is CCCCCCCCOc1ccccc1[NH+]=C(O)OC(C)(C)CN(C)C. The number of nitrogens with zero attached hydrogens (tertiary/aromatic N) is 1. The first-order valence-corrected chi connectivity index (χ1v) is 9.72. The van der Waals surface area contributed by atoms with Gasteiger partial charge in [0.05, 0.1) is 6.61 Å². The molecule has 0 heterocycles. The van der Waals surface area contributed by atoms with Crippen molar-refractivity contribution in [1.29, 1.82) is 0 Å². The summed E-state index contributed by atoms with van der Waals surface area (Å²) in [5.74, 6) is 0.724. The predicted octanol–water partition coefficient (Wildman–Crippen LogP) is 3.41. The second-order valence-corrected chi connectivity index (χ2v) is 7.64. The number of likely N-dealkylation sites (N-methyl/N-ethyl adjacent to an activating group) is 1. The highest BCUT2D eigenvalue weighted by atomic mass is 16.6. The van der Waals surface area contributed by atoms with Crippen molar-refractivity contribution in [2.45, 2.75) is 64.9 Å². The average molecular weight is 366 g/mol. The van der Waals surface area contributed by atoms with E-state index in [4.69, 9.17) is 9.47 Å². The molecule has 5 heteroatoms. The highest BCUT2D eigenvalue weighted by Gasteiger charge is 2.25. The molecule has 0 bridgehead atoms. The molecule has 0 fully saturated rings. The van der Waals surface area contributed by atoms with Crippen LogP contribution in [0.1, 0.15) is 59.3 Å². The van der Waals surface area contributed by atoms with E-state index in [0.717, 1.165) is 12.2 Å². The van der Waals surface area contributed by atoms with Crippen molar-refractivity contribution in [2.75, 3.05) is 27.2 Å². The molecule has 0 saturated carbocycles. The molecule has 1 aromatic carbocycles. The van der Waals surface area contributed by atoms with Gasteiger partial charge in [0.15, 0.2) is 5.75 Å². The molecule has 0 saturated heterocycles. The van der Waals surface area contributed by atoms with Gasteiger partial charge in [0.25, 0.3) is 5.69 Å². The third-order valence-electron chi connectivity index (χ3n) is 3.95. The van der Waals surface area contributed by atoms with Crippen molar-refractivity contribution in [3.63, 3.8) is 0 Å². The largest absolute Gasteiger partial charge is 0.551 e. The molecule has 148 valence electrons. The van der Waals surface area contributed by atoms with Crippen LogP contribution in [0.3, 0.4) is 0 Å². The van der Waals surface area contributed by atoms with Crippen LogP contribution >= 0.6 is 0 Å². The Kier molecular flexibility index (Phi) is 10.1. The first-order chi connectivity index (χ1) is 12.3. The Balaban J connectivity index is 2.56. The number of ether oxygens (including phenoxy) is 2. The van der Waals surface area contributed by atoms with E-state index in [1.54, 1.807) is 0 Å². The molecule has 2 N–H and O–H groups in total. The second kappa shape index (κ2) is 11.8. The number of unbranched alkanes of at least 4 members (excludes halogenated alkanes) is 5. The van der Waals surface area contributed by atoms with Gasteiger partial charge >= 0.3 is 6.08 Å². The Hall–Kier alpha value is -1.75. The van der Waals surface area contributed by atoms with Crippen LogP contribution in [0.25, 0.3) is 0 Å². The van der Waals surface area contributed by atoms with Crippen LogP contribution in [0, 0.1) is 0 Å². The fraction of sp³-hybridized carbons (Fsp3) is 0.667. The lowest BCUT2D eigenvalue weighted by molar-refractivity contribution is -0.387. The van der Waals surface area contributed by atoms with Crippen LogP contribution in [-0.4, -0.2) is 48.9 Å². The topological polar surface area (TPSA) is 55.9 Å². The van der Waals surface area contributed by atoms with Crippen molar-refractivity contribution < 1.29 is 19.6 Å². The van der Waals surface area contributed by atoms with Gasteiger partial charge in [-0.25, -0.2) is 0 Å². The minimum Gasteiger partial charge on any atom is -0.487 e. The molecule has 26 heavy (non-hydrogen) atoms. The lowest BCUT2D eigenvalue weighted by Crippen LogP contribution is -2.68. The normalized spacial score (nSPS) is 12.5. The molecule has 0 aliphatic carbocycles. The zero-order chi connectivity index (χ0) is 19.4. The molecule has 5 nitrogen and oxygen atoms in total. The highest BCUT2D eigenvalue weighted by molar-refractivity contribution is 5.60. The maximum atomic E-state index is 10.2. The highest BCUT2D eigenvalue weighted by Crippen LogP contribution is 2.19. The Bertz CT molecular complexity index is 542. The Morgan fingerprint density at radius 2 is 1.73 bits per heavy atom. The molecule has 0 unspecified atom stereocenters. The molecule has 0 aromatic heterocycles. The lowest BCUT2D eigenvalue weighted by atomic mass is 10.1. The lowest BCUT2D eigenvalue weighted by Gasteiger charge is -2.26. The Morgan fingerprint density at radius 3 is 2.42 bits per heavy atom. The van der Waals surface area contributed by atoms with E-state index < -0.39 is 5.60 Å². The number of hydrogen-bond donors (Lipinski definition) is 2. The van der Waals surface area contributed by atoms with Gasteiger partial charge in [0, 0.05) is 12.6 Å². The summed E-state index contributed by atoms with van der Waals surface area (Å²) < 4.78 is 11.5. The molecule has 0 aliphatic heterocycles. The minimum absolute atomic E-state index is 0.215. The number of rotatable bonds is 12. The second-order valence-electron chi connectivity index (χ2n) is 7.64. The smallest absolute Gasteiger partial charge is 0.487 e. The summed E-state index contributed by atoms with van der Waals surface area (Å²) >= 11 is 0. The van der Waals surface area contributed by atoms with Crippen LogP contribution in [0.5, 0.6) is 5.75 Å². The standard InChI is InChI=1S/C21H36N2O3/c1-6-7-8-9-10-13-16-25-19-15-12-11-14-18(19)22-20(24)26-21(2,3)17-23(4)5/h11-12,14-15H,6-10,13,16-17H2,1-5H3,(H,22,24)/p+1. The first-order valence-electron chi connectivity index (χ1n) is 9.72.